The Labute approximate surface area is 189 Å². The van der Waals surface area contributed by atoms with Crippen LogP contribution in [-0.2, 0) is 17.6 Å². The third-order valence-electron chi connectivity index (χ3n) is 5.55. The maximum absolute atomic E-state index is 6.71. The summed E-state index contributed by atoms with van der Waals surface area (Å²) < 4.78 is 5.44. The summed E-state index contributed by atoms with van der Waals surface area (Å²) >= 11 is 8.23. The monoisotopic (exact) mass is 454 g/mol. The number of rotatable bonds is 7. The van der Waals surface area contributed by atoms with Gasteiger partial charge in [-0.15, -0.1) is 22.9 Å². The van der Waals surface area contributed by atoms with Crippen LogP contribution in [0.3, 0.4) is 0 Å². The number of morpholine rings is 1. The number of hydrogen-bond donors (Lipinski definition) is 1. The van der Waals surface area contributed by atoms with E-state index in [4.69, 9.17) is 21.3 Å². The number of thiazole rings is 1. The van der Waals surface area contributed by atoms with Gasteiger partial charge in [0.05, 0.1) is 24.2 Å². The molecule has 4 heterocycles. The predicted molar refractivity (Wildman–Crippen MR) is 125 cm³/mol. The van der Waals surface area contributed by atoms with Crippen LogP contribution in [0.4, 0.5) is 5.82 Å². The SMILES string of the molecule is ClC(Cc1cccc2cc(CCNc3ncnc4scnc34)ncc12)N1CCOCC1. The number of benzene rings is 1. The lowest BCUT2D eigenvalue weighted by Gasteiger charge is -2.31. The van der Waals surface area contributed by atoms with Crippen molar-refractivity contribution in [3.63, 3.8) is 0 Å². The summed E-state index contributed by atoms with van der Waals surface area (Å²) in [5, 5.41) is 5.72. The van der Waals surface area contributed by atoms with Crippen LogP contribution in [0.1, 0.15) is 11.3 Å². The normalized spacial score (nSPS) is 16.0. The van der Waals surface area contributed by atoms with Gasteiger partial charge in [-0.2, -0.15) is 0 Å². The number of nitrogens with zero attached hydrogens (tertiary/aromatic N) is 5. The van der Waals surface area contributed by atoms with Crippen molar-refractivity contribution in [3.05, 3.63) is 53.6 Å². The lowest BCUT2D eigenvalue weighted by molar-refractivity contribution is 0.0314. The molecule has 4 aromatic rings. The molecule has 0 bridgehead atoms. The highest BCUT2D eigenvalue weighted by atomic mass is 35.5. The van der Waals surface area contributed by atoms with Gasteiger partial charge in [0.15, 0.2) is 5.82 Å². The molecule has 9 heteroatoms. The van der Waals surface area contributed by atoms with Gasteiger partial charge >= 0.3 is 0 Å². The molecule has 7 nitrogen and oxygen atoms in total. The van der Waals surface area contributed by atoms with Crippen molar-refractivity contribution in [1.29, 1.82) is 0 Å². The Balaban J connectivity index is 1.26. The second kappa shape index (κ2) is 9.40. The summed E-state index contributed by atoms with van der Waals surface area (Å²) in [6.07, 6.45) is 5.13. The van der Waals surface area contributed by atoms with Gasteiger partial charge in [-0.25, -0.2) is 15.0 Å². The Morgan fingerprint density at radius 3 is 2.97 bits per heavy atom. The highest BCUT2D eigenvalue weighted by molar-refractivity contribution is 7.16. The number of aromatic nitrogens is 4. The fourth-order valence-electron chi connectivity index (χ4n) is 3.90. The van der Waals surface area contributed by atoms with Gasteiger partial charge in [0.1, 0.15) is 16.7 Å². The molecule has 31 heavy (non-hydrogen) atoms. The summed E-state index contributed by atoms with van der Waals surface area (Å²) in [6.45, 7) is 3.99. The number of nitrogens with one attached hydrogen (secondary N) is 1. The van der Waals surface area contributed by atoms with Crippen LogP contribution in [-0.4, -0.2) is 63.2 Å². The summed E-state index contributed by atoms with van der Waals surface area (Å²) in [4.78, 5) is 20.8. The highest BCUT2D eigenvalue weighted by Crippen LogP contribution is 2.24. The first-order chi connectivity index (χ1) is 15.3. The van der Waals surface area contributed by atoms with Crippen LogP contribution >= 0.6 is 22.9 Å². The number of anilines is 1. The maximum atomic E-state index is 6.71. The molecule has 1 aliphatic rings. The summed E-state index contributed by atoms with van der Waals surface area (Å²) in [5.41, 5.74) is 4.84. The van der Waals surface area contributed by atoms with E-state index < -0.39 is 0 Å². The van der Waals surface area contributed by atoms with Crippen LogP contribution in [0.25, 0.3) is 21.1 Å². The Morgan fingerprint density at radius 1 is 1.16 bits per heavy atom. The van der Waals surface area contributed by atoms with Gasteiger partial charge < -0.3 is 10.1 Å². The topological polar surface area (TPSA) is 76.1 Å². The molecule has 160 valence electrons. The maximum Gasteiger partial charge on any atom is 0.156 e. The van der Waals surface area contributed by atoms with Crippen molar-refractivity contribution in [2.24, 2.45) is 0 Å². The quantitative estimate of drug-likeness (QED) is 0.337. The van der Waals surface area contributed by atoms with Crippen molar-refractivity contribution >= 4 is 49.9 Å². The van der Waals surface area contributed by atoms with Gasteiger partial charge in [-0.05, 0) is 17.0 Å². The van der Waals surface area contributed by atoms with Gasteiger partial charge in [-0.1, -0.05) is 18.2 Å². The van der Waals surface area contributed by atoms with Crippen molar-refractivity contribution in [2.45, 2.75) is 18.3 Å². The minimum absolute atomic E-state index is 0.0335. The molecule has 1 N–H and O–H groups in total. The third kappa shape index (κ3) is 4.62. The molecule has 0 aliphatic carbocycles. The average Bonchev–Trinajstić information content (AvgIpc) is 3.29. The molecule has 5 rings (SSSR count). The second-order valence-electron chi connectivity index (χ2n) is 7.51. The minimum atomic E-state index is -0.0335. The molecule has 0 spiro atoms. The molecule has 3 aromatic heterocycles. The first-order valence-corrected chi connectivity index (χ1v) is 11.7. The second-order valence-corrected chi connectivity index (χ2v) is 8.84. The van der Waals surface area contributed by atoms with Crippen molar-refractivity contribution in [3.8, 4) is 0 Å². The number of ether oxygens (including phenoxy) is 1. The van der Waals surface area contributed by atoms with E-state index in [1.54, 1.807) is 11.8 Å². The zero-order valence-corrected chi connectivity index (χ0v) is 18.6. The Bertz CT molecular complexity index is 1180. The fraction of sp³-hybridized carbons (Fsp3) is 0.364. The van der Waals surface area contributed by atoms with E-state index in [0.717, 1.165) is 72.9 Å². The molecule has 0 radical (unpaired) electrons. The molecule has 1 fully saturated rings. The van der Waals surface area contributed by atoms with E-state index in [9.17, 15) is 0 Å². The van der Waals surface area contributed by atoms with E-state index in [2.05, 4.69) is 49.4 Å². The molecule has 1 saturated heterocycles. The van der Waals surface area contributed by atoms with Crippen LogP contribution in [0.2, 0.25) is 0 Å². The Kier molecular flexibility index (Phi) is 6.22. The molecular formula is C22H23ClN6OS. The van der Waals surface area contributed by atoms with E-state index >= 15 is 0 Å². The average molecular weight is 455 g/mol. The third-order valence-corrected chi connectivity index (χ3v) is 6.71. The first-order valence-electron chi connectivity index (χ1n) is 10.4. The Morgan fingerprint density at radius 2 is 2.06 bits per heavy atom. The molecule has 1 atom stereocenters. The van der Waals surface area contributed by atoms with Gasteiger partial charge in [0.2, 0.25) is 0 Å². The number of pyridine rings is 1. The number of alkyl halides is 1. The van der Waals surface area contributed by atoms with Gasteiger partial charge in [0, 0.05) is 49.8 Å². The molecular weight excluding hydrogens is 432 g/mol. The van der Waals surface area contributed by atoms with Gasteiger partial charge in [0.25, 0.3) is 0 Å². The fourth-order valence-corrected chi connectivity index (χ4v) is 4.88. The zero-order chi connectivity index (χ0) is 21.0. The van der Waals surface area contributed by atoms with Crippen molar-refractivity contribution < 1.29 is 4.74 Å². The summed E-state index contributed by atoms with van der Waals surface area (Å²) in [5.74, 6) is 0.769. The Hall–Kier alpha value is -2.39. The van der Waals surface area contributed by atoms with Crippen LogP contribution in [0.5, 0.6) is 0 Å². The number of halogens is 1. The predicted octanol–water partition coefficient (Wildman–Crippen LogP) is 3.73. The zero-order valence-electron chi connectivity index (χ0n) is 17.0. The number of hydrogen-bond acceptors (Lipinski definition) is 8. The molecule has 0 amide bonds. The van der Waals surface area contributed by atoms with Crippen LogP contribution in [0, 0.1) is 0 Å². The van der Waals surface area contributed by atoms with E-state index in [-0.39, 0.29) is 5.50 Å². The van der Waals surface area contributed by atoms with Crippen molar-refractivity contribution in [1.82, 2.24) is 24.8 Å². The standard InChI is InChI=1S/C22H23ClN6OS/c23-19(29-6-8-30-9-7-29)11-16-3-1-2-15-10-17(25-12-18(15)16)4-5-24-21-20-22(27-13-26-21)31-14-28-20/h1-3,10,12-14,19H,4-9,11H2,(H,24,26,27). The minimum Gasteiger partial charge on any atom is -0.379 e. The van der Waals surface area contributed by atoms with E-state index in [1.807, 2.05) is 6.20 Å². The lowest BCUT2D eigenvalue weighted by Crippen LogP contribution is -2.41. The van der Waals surface area contributed by atoms with Crippen LogP contribution in [0.15, 0.2) is 42.3 Å². The van der Waals surface area contributed by atoms with Gasteiger partial charge in [-0.3, -0.25) is 9.88 Å². The van der Waals surface area contributed by atoms with Crippen molar-refractivity contribution in [2.75, 3.05) is 38.2 Å². The summed E-state index contributed by atoms with van der Waals surface area (Å²) in [6, 6.07) is 8.55. The van der Waals surface area contributed by atoms with E-state index in [0.29, 0.717) is 0 Å². The molecule has 1 aromatic carbocycles. The molecule has 0 saturated carbocycles. The lowest BCUT2D eigenvalue weighted by atomic mass is 10.0. The molecule has 1 aliphatic heterocycles. The molecule has 1 unspecified atom stereocenters. The van der Waals surface area contributed by atoms with Crippen LogP contribution < -0.4 is 5.32 Å². The smallest absolute Gasteiger partial charge is 0.156 e. The highest BCUT2D eigenvalue weighted by Gasteiger charge is 2.20. The summed E-state index contributed by atoms with van der Waals surface area (Å²) in [7, 11) is 0. The van der Waals surface area contributed by atoms with E-state index in [1.165, 1.54) is 22.3 Å². The largest absolute Gasteiger partial charge is 0.379 e. The number of fused-ring (bicyclic) bond motifs is 2. The first kappa shape index (κ1) is 20.5.